The van der Waals surface area contributed by atoms with Crippen LogP contribution in [0.4, 0.5) is 8.78 Å². The van der Waals surface area contributed by atoms with E-state index in [9.17, 15) is 13.6 Å². The number of benzene rings is 2. The first-order chi connectivity index (χ1) is 14.1. The molecule has 4 rings (SSSR count). The van der Waals surface area contributed by atoms with Crippen molar-refractivity contribution in [2.75, 3.05) is 7.11 Å². The molecule has 5 nitrogen and oxygen atoms in total. The van der Waals surface area contributed by atoms with Gasteiger partial charge >= 0.3 is 0 Å². The predicted octanol–water partition coefficient (Wildman–Crippen LogP) is 4.45. The van der Waals surface area contributed by atoms with Gasteiger partial charge in [0, 0.05) is 18.1 Å². The summed E-state index contributed by atoms with van der Waals surface area (Å²) in [5, 5.41) is 0. The van der Waals surface area contributed by atoms with Crippen molar-refractivity contribution in [2.24, 2.45) is 0 Å². The summed E-state index contributed by atoms with van der Waals surface area (Å²) in [7, 11) is 1.49. The zero-order valence-corrected chi connectivity index (χ0v) is 15.3. The molecule has 0 saturated carbocycles. The zero-order valence-electron chi connectivity index (χ0n) is 15.3. The summed E-state index contributed by atoms with van der Waals surface area (Å²) in [4.78, 5) is 20.5. The van der Waals surface area contributed by atoms with Crippen LogP contribution in [0.3, 0.4) is 0 Å². The van der Waals surface area contributed by atoms with Gasteiger partial charge in [-0.2, -0.15) is 4.39 Å². The number of carbonyl (C=O) groups excluding carboxylic acids is 1. The Labute approximate surface area is 165 Å². The molecule has 2 aromatic carbocycles. The van der Waals surface area contributed by atoms with Gasteiger partial charge in [0.1, 0.15) is 23.6 Å². The predicted molar refractivity (Wildman–Crippen MR) is 103 cm³/mol. The second-order valence-corrected chi connectivity index (χ2v) is 6.20. The quantitative estimate of drug-likeness (QED) is 0.373. The summed E-state index contributed by atoms with van der Waals surface area (Å²) in [6, 6.07) is 14.6. The van der Waals surface area contributed by atoms with Crippen molar-refractivity contribution in [1.29, 1.82) is 0 Å². The first-order valence-corrected chi connectivity index (χ1v) is 8.71. The average molecular weight is 391 g/mol. The van der Waals surface area contributed by atoms with Gasteiger partial charge in [-0.1, -0.05) is 24.3 Å². The first kappa shape index (κ1) is 18.5. The van der Waals surface area contributed by atoms with E-state index in [-0.39, 0.29) is 17.0 Å². The molecule has 29 heavy (non-hydrogen) atoms. The lowest BCUT2D eigenvalue weighted by Gasteiger charge is -2.08. The number of aromatic nitrogens is 3. The molecule has 0 aliphatic carbocycles. The van der Waals surface area contributed by atoms with Crippen LogP contribution in [0.2, 0.25) is 0 Å². The first-order valence-electron chi connectivity index (χ1n) is 8.71. The molecule has 0 atom stereocenters. The molecule has 0 amide bonds. The third-order valence-electron chi connectivity index (χ3n) is 4.45. The van der Waals surface area contributed by atoms with Crippen LogP contribution in [0, 0.1) is 11.8 Å². The Morgan fingerprint density at radius 2 is 1.86 bits per heavy atom. The molecule has 0 fully saturated rings. The number of hydrogen-bond acceptors (Lipinski definition) is 4. The standard InChI is InChI=1S/C22H15F2N3O2/c1-29-19-8-3-2-7-16(19)21(28)18-12-27(13-26-18)15-6-4-5-14(11-15)20-17(23)9-10-25-22(20)24/h2-13H,1H3. The van der Waals surface area contributed by atoms with Crippen molar-refractivity contribution < 1.29 is 18.3 Å². The van der Waals surface area contributed by atoms with E-state index >= 15 is 0 Å². The molecule has 0 N–H and O–H groups in total. The molecule has 0 radical (unpaired) electrons. The SMILES string of the molecule is COc1ccccc1C(=O)c1cn(-c2cccc(-c3c(F)ccnc3F)c2)cn1. The Kier molecular flexibility index (Phi) is 4.87. The number of hydrogen-bond donors (Lipinski definition) is 0. The number of imidazole rings is 1. The van der Waals surface area contributed by atoms with E-state index < -0.39 is 11.8 Å². The second-order valence-electron chi connectivity index (χ2n) is 6.20. The van der Waals surface area contributed by atoms with Crippen LogP contribution in [0.25, 0.3) is 16.8 Å². The lowest BCUT2D eigenvalue weighted by Crippen LogP contribution is -2.04. The van der Waals surface area contributed by atoms with E-state index in [1.807, 2.05) is 0 Å². The van der Waals surface area contributed by atoms with Gasteiger partial charge in [-0.25, -0.2) is 14.4 Å². The zero-order chi connectivity index (χ0) is 20.4. The smallest absolute Gasteiger partial charge is 0.223 e. The minimum Gasteiger partial charge on any atom is -0.496 e. The molecule has 2 heterocycles. The van der Waals surface area contributed by atoms with Crippen LogP contribution in [-0.2, 0) is 0 Å². The van der Waals surface area contributed by atoms with Crippen molar-refractivity contribution in [3.05, 3.63) is 96.3 Å². The summed E-state index contributed by atoms with van der Waals surface area (Å²) in [5.41, 5.74) is 1.33. The Bertz CT molecular complexity index is 1180. The number of para-hydroxylation sites is 1. The fourth-order valence-corrected chi connectivity index (χ4v) is 3.05. The van der Waals surface area contributed by atoms with Crippen molar-refractivity contribution in [3.8, 4) is 22.6 Å². The molecule has 0 saturated heterocycles. The number of carbonyl (C=O) groups is 1. The normalized spacial score (nSPS) is 10.7. The number of rotatable bonds is 5. The molecule has 0 aliphatic rings. The Balaban J connectivity index is 1.70. The number of pyridine rings is 1. The summed E-state index contributed by atoms with van der Waals surface area (Å²) >= 11 is 0. The Hall–Kier alpha value is -3.87. The van der Waals surface area contributed by atoms with Crippen molar-refractivity contribution >= 4 is 5.78 Å². The summed E-state index contributed by atoms with van der Waals surface area (Å²) in [6.45, 7) is 0. The maximum absolute atomic E-state index is 14.1. The van der Waals surface area contributed by atoms with Gasteiger partial charge in [0.15, 0.2) is 0 Å². The molecule has 4 aromatic rings. The van der Waals surface area contributed by atoms with E-state index in [1.54, 1.807) is 59.3 Å². The summed E-state index contributed by atoms with van der Waals surface area (Å²) in [5.74, 6) is -1.43. The Morgan fingerprint density at radius 1 is 1.03 bits per heavy atom. The van der Waals surface area contributed by atoms with Gasteiger partial charge in [0.05, 0.1) is 18.2 Å². The van der Waals surface area contributed by atoms with Crippen molar-refractivity contribution in [3.63, 3.8) is 0 Å². The van der Waals surface area contributed by atoms with Crippen molar-refractivity contribution in [2.45, 2.75) is 0 Å². The molecule has 7 heteroatoms. The van der Waals surface area contributed by atoms with Gasteiger partial charge in [-0.05, 0) is 35.9 Å². The van der Waals surface area contributed by atoms with Gasteiger partial charge in [-0.15, -0.1) is 0 Å². The maximum Gasteiger partial charge on any atom is 0.223 e. The number of ketones is 1. The third kappa shape index (κ3) is 3.50. The molecule has 0 spiro atoms. The van der Waals surface area contributed by atoms with Crippen LogP contribution >= 0.6 is 0 Å². The lowest BCUT2D eigenvalue weighted by atomic mass is 10.1. The number of halogens is 2. The molecule has 144 valence electrons. The number of ether oxygens (including phenoxy) is 1. The van der Waals surface area contributed by atoms with E-state index in [2.05, 4.69) is 9.97 Å². The van der Waals surface area contributed by atoms with Crippen LogP contribution in [0.15, 0.2) is 73.3 Å². The third-order valence-corrected chi connectivity index (χ3v) is 4.45. The van der Waals surface area contributed by atoms with Crippen LogP contribution in [0.5, 0.6) is 5.75 Å². The van der Waals surface area contributed by atoms with Crippen LogP contribution < -0.4 is 4.74 Å². The molecular weight excluding hydrogens is 376 g/mol. The molecular formula is C22H15F2N3O2. The summed E-state index contributed by atoms with van der Waals surface area (Å²) in [6.07, 6.45) is 4.10. The van der Waals surface area contributed by atoms with Gasteiger partial charge in [0.25, 0.3) is 0 Å². The van der Waals surface area contributed by atoms with Crippen LogP contribution in [0.1, 0.15) is 16.1 Å². The van der Waals surface area contributed by atoms with E-state index in [0.717, 1.165) is 12.3 Å². The minimum atomic E-state index is -0.889. The minimum absolute atomic E-state index is 0.209. The number of methoxy groups -OCH3 is 1. The van der Waals surface area contributed by atoms with E-state index in [0.29, 0.717) is 22.6 Å². The summed E-state index contributed by atoms with van der Waals surface area (Å²) < 4.78 is 34.9. The molecule has 0 unspecified atom stereocenters. The topological polar surface area (TPSA) is 57.0 Å². The highest BCUT2D eigenvalue weighted by molar-refractivity contribution is 6.09. The van der Waals surface area contributed by atoms with E-state index in [4.69, 9.17) is 4.74 Å². The fourth-order valence-electron chi connectivity index (χ4n) is 3.05. The largest absolute Gasteiger partial charge is 0.496 e. The fraction of sp³-hybridized carbons (Fsp3) is 0.0455. The Morgan fingerprint density at radius 3 is 2.66 bits per heavy atom. The highest BCUT2D eigenvalue weighted by Gasteiger charge is 2.17. The highest BCUT2D eigenvalue weighted by Crippen LogP contribution is 2.27. The average Bonchev–Trinajstić information content (AvgIpc) is 3.24. The maximum atomic E-state index is 14.1. The number of nitrogens with zero attached hydrogens (tertiary/aromatic N) is 3. The lowest BCUT2D eigenvalue weighted by molar-refractivity contribution is 0.103. The van der Waals surface area contributed by atoms with Crippen LogP contribution in [-0.4, -0.2) is 27.4 Å². The highest BCUT2D eigenvalue weighted by atomic mass is 19.1. The van der Waals surface area contributed by atoms with Gasteiger partial charge in [-0.3, -0.25) is 4.79 Å². The second kappa shape index (κ2) is 7.63. The van der Waals surface area contributed by atoms with Crippen molar-refractivity contribution in [1.82, 2.24) is 14.5 Å². The molecule has 0 bridgehead atoms. The van der Waals surface area contributed by atoms with Gasteiger partial charge < -0.3 is 9.30 Å². The monoisotopic (exact) mass is 391 g/mol. The molecule has 2 aromatic heterocycles. The van der Waals surface area contributed by atoms with Gasteiger partial charge in [0.2, 0.25) is 11.7 Å². The van der Waals surface area contributed by atoms with E-state index in [1.165, 1.54) is 13.4 Å². The molecule has 0 aliphatic heterocycles.